The predicted molar refractivity (Wildman–Crippen MR) is 74.1 cm³/mol. The summed E-state index contributed by atoms with van der Waals surface area (Å²) in [6.07, 6.45) is 5.64. The number of carbonyl (C=O) groups is 1. The molecular weight excluding hydrogens is 254 g/mol. The van der Waals surface area contributed by atoms with Crippen LogP contribution in [-0.4, -0.2) is 5.78 Å². The van der Waals surface area contributed by atoms with Gasteiger partial charge in [0, 0.05) is 12.3 Å². The molecule has 0 saturated carbocycles. The van der Waals surface area contributed by atoms with Crippen molar-refractivity contribution in [1.82, 2.24) is 5.32 Å². The highest BCUT2D eigenvalue weighted by Gasteiger charge is 2.39. The van der Waals surface area contributed by atoms with E-state index in [1.807, 2.05) is 24.3 Å². The van der Waals surface area contributed by atoms with Crippen LogP contribution in [0.2, 0.25) is 0 Å². The van der Waals surface area contributed by atoms with Crippen LogP contribution in [-0.2, 0) is 4.79 Å². The summed E-state index contributed by atoms with van der Waals surface area (Å²) in [5.41, 5.74) is 0. The van der Waals surface area contributed by atoms with E-state index in [1.165, 1.54) is 0 Å². The van der Waals surface area contributed by atoms with Crippen LogP contribution in [0.1, 0.15) is 49.8 Å². The Hall–Kier alpha value is -1.81. The van der Waals surface area contributed by atoms with Crippen LogP contribution < -0.4 is 5.32 Å². The summed E-state index contributed by atoms with van der Waals surface area (Å²) in [6.45, 7) is 2.10. The molecule has 1 N–H and O–H groups in total. The van der Waals surface area contributed by atoms with Crippen LogP contribution in [0.25, 0.3) is 0 Å². The SMILES string of the molecule is CCC[C@@H]1C(=O)C[C@@H](c2ccco2)N[C@@H]1c1ccco1. The third-order valence-corrected chi connectivity index (χ3v) is 3.94. The van der Waals surface area contributed by atoms with Gasteiger partial charge in [-0.05, 0) is 30.7 Å². The minimum Gasteiger partial charge on any atom is -0.468 e. The molecule has 0 unspecified atom stereocenters. The zero-order valence-corrected chi connectivity index (χ0v) is 11.5. The average Bonchev–Trinajstić information content (AvgIpc) is 3.14. The van der Waals surface area contributed by atoms with Gasteiger partial charge in [0.1, 0.15) is 17.3 Å². The Morgan fingerprint density at radius 3 is 2.50 bits per heavy atom. The molecule has 4 nitrogen and oxygen atoms in total. The molecule has 2 aromatic rings. The van der Waals surface area contributed by atoms with E-state index in [9.17, 15) is 4.79 Å². The highest BCUT2D eigenvalue weighted by molar-refractivity contribution is 5.83. The molecule has 106 valence electrons. The van der Waals surface area contributed by atoms with Gasteiger partial charge in [0.2, 0.25) is 0 Å². The van der Waals surface area contributed by atoms with Crippen molar-refractivity contribution in [2.75, 3.05) is 0 Å². The summed E-state index contributed by atoms with van der Waals surface area (Å²) in [5.74, 6) is 1.91. The molecule has 0 amide bonds. The molecule has 3 heterocycles. The van der Waals surface area contributed by atoms with Crippen molar-refractivity contribution in [1.29, 1.82) is 0 Å². The number of nitrogens with one attached hydrogen (secondary N) is 1. The highest BCUT2D eigenvalue weighted by atomic mass is 16.3. The Labute approximate surface area is 118 Å². The van der Waals surface area contributed by atoms with Gasteiger partial charge in [0.25, 0.3) is 0 Å². The number of hydrogen-bond donors (Lipinski definition) is 1. The third kappa shape index (κ3) is 2.43. The van der Waals surface area contributed by atoms with Gasteiger partial charge in [0.15, 0.2) is 0 Å². The summed E-state index contributed by atoms with van der Waals surface area (Å²) < 4.78 is 11.0. The molecule has 0 spiro atoms. The Bertz CT molecular complexity index is 544. The molecule has 0 bridgehead atoms. The molecule has 1 fully saturated rings. The summed E-state index contributed by atoms with van der Waals surface area (Å²) in [7, 11) is 0. The molecule has 0 aliphatic carbocycles. The number of ketones is 1. The van der Waals surface area contributed by atoms with Crippen LogP contribution in [0.5, 0.6) is 0 Å². The molecule has 1 saturated heterocycles. The van der Waals surface area contributed by atoms with E-state index in [2.05, 4.69) is 12.2 Å². The first-order valence-electron chi connectivity index (χ1n) is 7.15. The van der Waals surface area contributed by atoms with Crippen LogP contribution in [0.3, 0.4) is 0 Å². The zero-order valence-electron chi connectivity index (χ0n) is 11.5. The fraction of sp³-hybridized carbons (Fsp3) is 0.438. The number of rotatable bonds is 4. The van der Waals surface area contributed by atoms with E-state index in [4.69, 9.17) is 8.83 Å². The van der Waals surface area contributed by atoms with Crippen LogP contribution in [0, 0.1) is 5.92 Å². The monoisotopic (exact) mass is 273 g/mol. The predicted octanol–water partition coefficient (Wildman–Crippen LogP) is 3.63. The lowest BCUT2D eigenvalue weighted by molar-refractivity contribution is -0.127. The maximum atomic E-state index is 12.5. The lowest BCUT2D eigenvalue weighted by Crippen LogP contribution is -2.42. The van der Waals surface area contributed by atoms with Gasteiger partial charge < -0.3 is 8.83 Å². The second-order valence-corrected chi connectivity index (χ2v) is 5.29. The Kier molecular flexibility index (Phi) is 3.74. The second-order valence-electron chi connectivity index (χ2n) is 5.29. The molecule has 2 aromatic heterocycles. The normalized spacial score (nSPS) is 26.9. The first-order chi connectivity index (χ1) is 9.79. The van der Waals surface area contributed by atoms with Gasteiger partial charge in [-0.25, -0.2) is 0 Å². The van der Waals surface area contributed by atoms with E-state index < -0.39 is 0 Å². The molecule has 4 heteroatoms. The fourth-order valence-electron chi connectivity index (χ4n) is 2.99. The van der Waals surface area contributed by atoms with Crippen molar-refractivity contribution < 1.29 is 13.6 Å². The van der Waals surface area contributed by atoms with E-state index in [0.717, 1.165) is 24.4 Å². The standard InChI is InChI=1S/C16H19NO3/c1-2-5-11-13(18)10-12(14-6-3-8-19-14)17-16(11)15-7-4-9-20-15/h3-4,6-9,11-12,16-17H,2,5,10H2,1H3/t11-,12+,16+/m1/s1. The fourth-order valence-corrected chi connectivity index (χ4v) is 2.99. The molecular formula is C16H19NO3. The molecule has 3 rings (SSSR count). The lowest BCUT2D eigenvalue weighted by Gasteiger charge is -2.34. The van der Waals surface area contributed by atoms with Gasteiger partial charge >= 0.3 is 0 Å². The van der Waals surface area contributed by atoms with Crippen molar-refractivity contribution in [2.45, 2.75) is 38.3 Å². The Balaban J connectivity index is 1.87. The van der Waals surface area contributed by atoms with Crippen molar-refractivity contribution >= 4 is 5.78 Å². The topological polar surface area (TPSA) is 55.4 Å². The van der Waals surface area contributed by atoms with Crippen LogP contribution >= 0.6 is 0 Å². The lowest BCUT2D eigenvalue weighted by atomic mass is 9.81. The van der Waals surface area contributed by atoms with Gasteiger partial charge in [-0.2, -0.15) is 0 Å². The highest BCUT2D eigenvalue weighted by Crippen LogP contribution is 2.37. The van der Waals surface area contributed by atoms with Crippen molar-refractivity contribution in [3.8, 4) is 0 Å². The van der Waals surface area contributed by atoms with E-state index in [0.29, 0.717) is 6.42 Å². The van der Waals surface area contributed by atoms with Gasteiger partial charge in [-0.3, -0.25) is 10.1 Å². The maximum absolute atomic E-state index is 12.5. The number of carbonyl (C=O) groups excluding carboxylic acids is 1. The summed E-state index contributed by atoms with van der Waals surface area (Å²) in [4.78, 5) is 12.5. The molecule has 1 aliphatic heterocycles. The minimum absolute atomic E-state index is 0.0163. The van der Waals surface area contributed by atoms with Crippen molar-refractivity contribution in [2.24, 2.45) is 5.92 Å². The van der Waals surface area contributed by atoms with E-state index in [1.54, 1.807) is 12.5 Å². The van der Waals surface area contributed by atoms with Gasteiger partial charge in [-0.15, -0.1) is 0 Å². The average molecular weight is 273 g/mol. The molecule has 20 heavy (non-hydrogen) atoms. The Morgan fingerprint density at radius 1 is 1.20 bits per heavy atom. The van der Waals surface area contributed by atoms with Gasteiger partial charge in [-0.1, -0.05) is 13.3 Å². The van der Waals surface area contributed by atoms with Gasteiger partial charge in [0.05, 0.1) is 24.6 Å². The van der Waals surface area contributed by atoms with Crippen molar-refractivity contribution in [3.05, 3.63) is 48.3 Å². The van der Waals surface area contributed by atoms with Crippen LogP contribution in [0.15, 0.2) is 45.6 Å². The number of furan rings is 2. The number of hydrogen-bond acceptors (Lipinski definition) is 4. The van der Waals surface area contributed by atoms with E-state index in [-0.39, 0.29) is 23.8 Å². The Morgan fingerprint density at radius 2 is 1.90 bits per heavy atom. The number of piperidine rings is 1. The van der Waals surface area contributed by atoms with Crippen molar-refractivity contribution in [3.63, 3.8) is 0 Å². The minimum atomic E-state index is -0.0688. The quantitative estimate of drug-likeness (QED) is 0.924. The third-order valence-electron chi connectivity index (χ3n) is 3.94. The van der Waals surface area contributed by atoms with Crippen LogP contribution in [0.4, 0.5) is 0 Å². The first kappa shape index (κ1) is 13.2. The number of Topliss-reactive ketones (excluding diaryl/α,β-unsaturated/α-hetero) is 1. The molecule has 1 aliphatic rings. The largest absolute Gasteiger partial charge is 0.468 e. The summed E-state index contributed by atoms with van der Waals surface area (Å²) in [5, 5.41) is 3.52. The zero-order chi connectivity index (χ0) is 13.9. The summed E-state index contributed by atoms with van der Waals surface area (Å²) >= 11 is 0. The van der Waals surface area contributed by atoms with E-state index >= 15 is 0 Å². The summed E-state index contributed by atoms with van der Waals surface area (Å²) in [6, 6.07) is 7.41. The molecule has 3 atom stereocenters. The molecule has 0 aromatic carbocycles. The maximum Gasteiger partial charge on any atom is 0.140 e. The first-order valence-corrected chi connectivity index (χ1v) is 7.15. The smallest absolute Gasteiger partial charge is 0.140 e. The molecule has 0 radical (unpaired) electrons. The second kappa shape index (κ2) is 5.67.